The quantitative estimate of drug-likeness (QED) is 0.883. The zero-order chi connectivity index (χ0) is 14.8. The monoisotopic (exact) mass is 276 g/mol. The summed E-state index contributed by atoms with van der Waals surface area (Å²) in [6, 6.07) is 0. The number of anilines is 2. The number of alkyl halides is 3. The fourth-order valence-electron chi connectivity index (χ4n) is 1.17. The summed E-state index contributed by atoms with van der Waals surface area (Å²) in [4.78, 5) is 18.4. The summed E-state index contributed by atoms with van der Waals surface area (Å²) in [5.74, 6) is -1.02. The molecule has 1 aromatic rings. The number of halogens is 3. The van der Waals surface area contributed by atoms with Gasteiger partial charge in [-0.05, 0) is 0 Å². The van der Waals surface area contributed by atoms with E-state index >= 15 is 0 Å². The Labute approximate surface area is 108 Å². The second-order valence-corrected chi connectivity index (χ2v) is 5.01. The molecule has 19 heavy (non-hydrogen) atoms. The van der Waals surface area contributed by atoms with Gasteiger partial charge in [0.1, 0.15) is 11.4 Å². The minimum Gasteiger partial charge on any atom is -0.368 e. The second kappa shape index (κ2) is 5.02. The van der Waals surface area contributed by atoms with Crippen LogP contribution in [0.5, 0.6) is 0 Å². The zero-order valence-electron chi connectivity index (χ0n) is 10.8. The van der Waals surface area contributed by atoms with Gasteiger partial charge in [-0.3, -0.25) is 4.79 Å². The van der Waals surface area contributed by atoms with Crippen molar-refractivity contribution in [2.24, 2.45) is 5.41 Å². The molecule has 5 nitrogen and oxygen atoms in total. The number of nitrogen functional groups attached to an aromatic ring is 1. The molecular formula is C11H15F3N4O. The Hall–Kier alpha value is -1.86. The van der Waals surface area contributed by atoms with E-state index in [9.17, 15) is 18.0 Å². The van der Waals surface area contributed by atoms with Gasteiger partial charge in [-0.1, -0.05) is 20.8 Å². The summed E-state index contributed by atoms with van der Waals surface area (Å²) in [7, 11) is 0. The van der Waals surface area contributed by atoms with Gasteiger partial charge in [-0.25, -0.2) is 4.98 Å². The molecule has 0 amide bonds. The molecule has 0 unspecified atom stereocenters. The summed E-state index contributed by atoms with van der Waals surface area (Å²) in [6.07, 6.45) is -4.02. The van der Waals surface area contributed by atoms with Crippen molar-refractivity contribution >= 4 is 17.5 Å². The van der Waals surface area contributed by atoms with Gasteiger partial charge in [-0.2, -0.15) is 18.2 Å². The van der Waals surface area contributed by atoms with Crippen LogP contribution >= 0.6 is 0 Å². The number of ketones is 1. The molecule has 106 valence electrons. The Morgan fingerprint density at radius 3 is 2.42 bits per heavy atom. The van der Waals surface area contributed by atoms with Gasteiger partial charge < -0.3 is 11.1 Å². The fraction of sp³-hybridized carbons (Fsp3) is 0.545. The van der Waals surface area contributed by atoms with E-state index in [-0.39, 0.29) is 18.3 Å². The van der Waals surface area contributed by atoms with Crippen LogP contribution < -0.4 is 11.1 Å². The van der Waals surface area contributed by atoms with Crippen molar-refractivity contribution < 1.29 is 18.0 Å². The standard InChI is InChI=1S/C11H15F3N4O/c1-10(2,3)7(19)5-16-8-6(11(12,13)14)4-17-9(15)18-8/h4H,5H2,1-3H3,(H3,15,16,17,18). The van der Waals surface area contributed by atoms with Crippen LogP contribution in [0.4, 0.5) is 24.9 Å². The van der Waals surface area contributed by atoms with Crippen LogP contribution in [-0.4, -0.2) is 22.3 Å². The van der Waals surface area contributed by atoms with Crippen LogP contribution in [0, 0.1) is 5.41 Å². The molecule has 0 radical (unpaired) electrons. The maximum atomic E-state index is 12.7. The lowest BCUT2D eigenvalue weighted by molar-refractivity contribution is -0.137. The minimum atomic E-state index is -4.61. The predicted octanol–water partition coefficient (Wildman–Crippen LogP) is 2.10. The van der Waals surface area contributed by atoms with Crippen molar-refractivity contribution in [1.29, 1.82) is 0 Å². The molecule has 0 saturated heterocycles. The number of nitrogens with zero attached hydrogens (tertiary/aromatic N) is 2. The number of carbonyl (C=O) groups is 1. The number of carbonyl (C=O) groups excluding carboxylic acids is 1. The summed E-state index contributed by atoms with van der Waals surface area (Å²) >= 11 is 0. The summed E-state index contributed by atoms with van der Waals surface area (Å²) in [5.41, 5.74) is 3.55. The third-order valence-electron chi connectivity index (χ3n) is 2.37. The molecule has 0 saturated carbocycles. The molecule has 3 N–H and O–H groups in total. The van der Waals surface area contributed by atoms with E-state index in [0.717, 1.165) is 0 Å². The fourth-order valence-corrected chi connectivity index (χ4v) is 1.17. The molecule has 0 aromatic carbocycles. The SMILES string of the molecule is CC(C)(C)C(=O)CNc1nc(N)ncc1C(F)(F)F. The van der Waals surface area contributed by atoms with Gasteiger partial charge in [0.25, 0.3) is 0 Å². The number of rotatable bonds is 3. The minimum absolute atomic E-state index is 0.238. The van der Waals surface area contributed by atoms with Gasteiger partial charge in [-0.15, -0.1) is 0 Å². The number of nitrogens with one attached hydrogen (secondary N) is 1. The highest BCUT2D eigenvalue weighted by molar-refractivity contribution is 5.87. The number of hydrogen-bond acceptors (Lipinski definition) is 5. The van der Waals surface area contributed by atoms with E-state index < -0.39 is 23.0 Å². The van der Waals surface area contributed by atoms with Gasteiger partial charge in [0, 0.05) is 11.6 Å². The highest BCUT2D eigenvalue weighted by Crippen LogP contribution is 2.33. The number of nitrogens with two attached hydrogens (primary N) is 1. The third-order valence-corrected chi connectivity index (χ3v) is 2.37. The molecule has 0 aliphatic rings. The lowest BCUT2D eigenvalue weighted by Gasteiger charge is -2.18. The average Bonchev–Trinajstić information content (AvgIpc) is 2.22. The van der Waals surface area contributed by atoms with Gasteiger partial charge in [0.15, 0.2) is 5.78 Å². The van der Waals surface area contributed by atoms with Crippen LogP contribution in [0.15, 0.2) is 6.20 Å². The highest BCUT2D eigenvalue weighted by atomic mass is 19.4. The van der Waals surface area contributed by atoms with E-state index in [2.05, 4.69) is 15.3 Å². The van der Waals surface area contributed by atoms with Crippen molar-refractivity contribution in [2.45, 2.75) is 26.9 Å². The van der Waals surface area contributed by atoms with Crippen LogP contribution in [0.1, 0.15) is 26.3 Å². The Morgan fingerprint density at radius 2 is 1.95 bits per heavy atom. The van der Waals surface area contributed by atoms with Crippen molar-refractivity contribution in [3.8, 4) is 0 Å². The first-order chi connectivity index (χ1) is 8.51. The van der Waals surface area contributed by atoms with Gasteiger partial charge >= 0.3 is 6.18 Å². The molecule has 0 atom stereocenters. The number of hydrogen-bond donors (Lipinski definition) is 2. The Bertz CT molecular complexity index is 480. The molecule has 0 fully saturated rings. The van der Waals surface area contributed by atoms with Crippen molar-refractivity contribution in [3.63, 3.8) is 0 Å². The Kier molecular flexibility index (Phi) is 4.02. The molecule has 0 aliphatic carbocycles. The topological polar surface area (TPSA) is 80.9 Å². The van der Waals surface area contributed by atoms with Gasteiger partial charge in [0.2, 0.25) is 5.95 Å². The largest absolute Gasteiger partial charge is 0.421 e. The van der Waals surface area contributed by atoms with Gasteiger partial charge in [0.05, 0.1) is 6.54 Å². The third kappa shape index (κ3) is 4.08. The molecule has 0 aliphatic heterocycles. The van der Waals surface area contributed by atoms with E-state index in [0.29, 0.717) is 6.20 Å². The smallest absolute Gasteiger partial charge is 0.368 e. The van der Waals surface area contributed by atoms with E-state index in [1.165, 1.54) is 0 Å². The first-order valence-corrected chi connectivity index (χ1v) is 5.48. The molecule has 1 aromatic heterocycles. The molecule has 8 heteroatoms. The van der Waals surface area contributed by atoms with Crippen LogP contribution in [0.25, 0.3) is 0 Å². The maximum absolute atomic E-state index is 12.7. The molecule has 0 bridgehead atoms. The van der Waals surface area contributed by atoms with Crippen LogP contribution in [-0.2, 0) is 11.0 Å². The summed E-state index contributed by atoms with van der Waals surface area (Å²) in [6.45, 7) is 4.77. The van der Waals surface area contributed by atoms with Crippen molar-refractivity contribution in [3.05, 3.63) is 11.8 Å². The molecule has 1 heterocycles. The normalized spacial score (nSPS) is 12.3. The molecule has 0 spiro atoms. The summed E-state index contributed by atoms with van der Waals surface area (Å²) in [5, 5.41) is 2.37. The molecular weight excluding hydrogens is 261 g/mol. The number of Topliss-reactive ketones (excluding diaryl/α,β-unsaturated/α-hetero) is 1. The van der Waals surface area contributed by atoms with Crippen LogP contribution in [0.2, 0.25) is 0 Å². The zero-order valence-corrected chi connectivity index (χ0v) is 10.8. The van der Waals surface area contributed by atoms with E-state index in [1.54, 1.807) is 20.8 Å². The highest BCUT2D eigenvalue weighted by Gasteiger charge is 2.35. The molecule has 1 rings (SSSR count). The summed E-state index contributed by atoms with van der Waals surface area (Å²) < 4.78 is 38.1. The first-order valence-electron chi connectivity index (χ1n) is 5.48. The first kappa shape index (κ1) is 15.2. The lowest BCUT2D eigenvalue weighted by atomic mass is 9.91. The second-order valence-electron chi connectivity index (χ2n) is 5.01. The maximum Gasteiger partial charge on any atom is 0.421 e. The average molecular weight is 276 g/mol. The van der Waals surface area contributed by atoms with Crippen LogP contribution in [0.3, 0.4) is 0 Å². The Morgan fingerprint density at radius 1 is 1.37 bits per heavy atom. The predicted molar refractivity (Wildman–Crippen MR) is 64.4 cm³/mol. The van der Waals surface area contributed by atoms with E-state index in [1.807, 2.05) is 0 Å². The van der Waals surface area contributed by atoms with Crippen molar-refractivity contribution in [1.82, 2.24) is 9.97 Å². The van der Waals surface area contributed by atoms with E-state index in [4.69, 9.17) is 5.73 Å². The number of aromatic nitrogens is 2. The Balaban J connectivity index is 2.95. The lowest BCUT2D eigenvalue weighted by Crippen LogP contribution is -2.28. The van der Waals surface area contributed by atoms with Crippen molar-refractivity contribution in [2.75, 3.05) is 17.6 Å².